The van der Waals surface area contributed by atoms with Crippen molar-refractivity contribution in [2.24, 2.45) is 5.92 Å². The number of nitrogens with zero attached hydrogens (tertiary/aromatic N) is 3. The van der Waals surface area contributed by atoms with Crippen LogP contribution >= 0.6 is 0 Å². The number of carbonyl (C=O) groups is 1. The zero-order valence-electron chi connectivity index (χ0n) is 11.3. The molecule has 0 aliphatic rings. The van der Waals surface area contributed by atoms with Gasteiger partial charge in [0, 0.05) is 0 Å². The van der Waals surface area contributed by atoms with E-state index in [1.54, 1.807) is 6.92 Å². The van der Waals surface area contributed by atoms with Crippen molar-refractivity contribution in [2.45, 2.75) is 52.7 Å². The lowest BCUT2D eigenvalue weighted by Gasteiger charge is -2.22. The summed E-state index contributed by atoms with van der Waals surface area (Å²) < 4.78 is 1.51. The van der Waals surface area contributed by atoms with Crippen LogP contribution in [-0.4, -0.2) is 36.8 Å². The summed E-state index contributed by atoms with van der Waals surface area (Å²) in [7, 11) is 0. The summed E-state index contributed by atoms with van der Waals surface area (Å²) in [6.07, 6.45) is 1.14. The molecule has 1 rings (SSSR count). The van der Waals surface area contributed by atoms with Crippen LogP contribution in [0, 0.1) is 5.92 Å². The number of hydrogen-bond donors (Lipinski definition) is 2. The largest absolute Gasteiger partial charge is 0.476 e. The van der Waals surface area contributed by atoms with E-state index in [0.29, 0.717) is 24.5 Å². The summed E-state index contributed by atoms with van der Waals surface area (Å²) in [6.45, 7) is 7.83. The smallest absolute Gasteiger partial charge is 0.358 e. The van der Waals surface area contributed by atoms with Crippen molar-refractivity contribution in [1.82, 2.24) is 15.0 Å². The van der Waals surface area contributed by atoms with Crippen molar-refractivity contribution in [3.8, 4) is 0 Å². The van der Waals surface area contributed by atoms with Crippen molar-refractivity contribution in [3.05, 3.63) is 11.4 Å². The number of aromatic carboxylic acids is 1. The Kier molecular flexibility index (Phi) is 4.45. The SMILES string of the molecule is CCC(C)(O)Cn1nnc(C(=O)O)c1CC(C)C. The molecule has 18 heavy (non-hydrogen) atoms. The molecule has 0 amide bonds. The Hall–Kier alpha value is -1.43. The van der Waals surface area contributed by atoms with Gasteiger partial charge in [0.1, 0.15) is 0 Å². The monoisotopic (exact) mass is 255 g/mol. The Bertz CT molecular complexity index is 424. The van der Waals surface area contributed by atoms with Gasteiger partial charge in [-0.2, -0.15) is 0 Å². The first kappa shape index (κ1) is 14.6. The number of carboxylic acids is 1. The molecule has 0 fully saturated rings. The molecule has 0 saturated carbocycles. The van der Waals surface area contributed by atoms with Crippen LogP contribution < -0.4 is 0 Å². The number of aliphatic hydroxyl groups is 1. The Labute approximate surface area is 107 Å². The predicted octanol–water partition coefficient (Wildman–Crippen LogP) is 1.34. The Morgan fingerprint density at radius 3 is 2.56 bits per heavy atom. The van der Waals surface area contributed by atoms with E-state index in [1.165, 1.54) is 4.68 Å². The molecule has 0 bridgehead atoms. The van der Waals surface area contributed by atoms with Crippen LogP contribution in [0.1, 0.15) is 50.3 Å². The van der Waals surface area contributed by atoms with Crippen molar-refractivity contribution in [3.63, 3.8) is 0 Å². The van der Waals surface area contributed by atoms with Crippen LogP contribution in [0.25, 0.3) is 0 Å². The zero-order chi connectivity index (χ0) is 13.9. The fourth-order valence-corrected chi connectivity index (χ4v) is 1.65. The second kappa shape index (κ2) is 5.48. The fourth-order valence-electron chi connectivity index (χ4n) is 1.65. The maximum atomic E-state index is 11.1. The molecule has 0 aromatic carbocycles. The van der Waals surface area contributed by atoms with Crippen molar-refractivity contribution >= 4 is 5.97 Å². The summed E-state index contributed by atoms with van der Waals surface area (Å²) in [6, 6.07) is 0. The van der Waals surface area contributed by atoms with E-state index in [0.717, 1.165) is 0 Å². The molecule has 1 aromatic heterocycles. The predicted molar refractivity (Wildman–Crippen MR) is 66.4 cm³/mol. The Morgan fingerprint density at radius 2 is 2.11 bits per heavy atom. The first-order chi connectivity index (χ1) is 8.26. The molecular weight excluding hydrogens is 234 g/mol. The van der Waals surface area contributed by atoms with E-state index in [-0.39, 0.29) is 12.2 Å². The second-order valence-corrected chi connectivity index (χ2v) is 5.30. The average Bonchev–Trinajstić information content (AvgIpc) is 2.60. The maximum absolute atomic E-state index is 11.1. The molecule has 6 heteroatoms. The molecule has 1 aromatic rings. The van der Waals surface area contributed by atoms with Crippen LogP contribution in [0.2, 0.25) is 0 Å². The Morgan fingerprint density at radius 1 is 1.50 bits per heavy atom. The summed E-state index contributed by atoms with van der Waals surface area (Å²) in [5, 5.41) is 26.7. The van der Waals surface area contributed by atoms with Gasteiger partial charge in [0.25, 0.3) is 0 Å². The molecule has 6 nitrogen and oxygen atoms in total. The molecule has 2 N–H and O–H groups in total. The van der Waals surface area contributed by atoms with E-state index in [2.05, 4.69) is 10.3 Å². The quantitative estimate of drug-likeness (QED) is 0.800. The lowest BCUT2D eigenvalue weighted by atomic mass is 10.0. The summed E-state index contributed by atoms with van der Waals surface area (Å²) in [5.41, 5.74) is -0.350. The third kappa shape index (κ3) is 3.53. The molecule has 1 heterocycles. The van der Waals surface area contributed by atoms with Gasteiger partial charge < -0.3 is 10.2 Å². The zero-order valence-corrected chi connectivity index (χ0v) is 11.3. The van der Waals surface area contributed by atoms with Gasteiger partial charge in [-0.3, -0.25) is 0 Å². The summed E-state index contributed by atoms with van der Waals surface area (Å²) in [4.78, 5) is 11.1. The molecule has 0 aliphatic carbocycles. The number of aromatic nitrogens is 3. The van der Waals surface area contributed by atoms with Crippen molar-refractivity contribution in [1.29, 1.82) is 0 Å². The lowest BCUT2D eigenvalue weighted by Crippen LogP contribution is -2.31. The van der Waals surface area contributed by atoms with Gasteiger partial charge >= 0.3 is 5.97 Å². The first-order valence-electron chi connectivity index (χ1n) is 6.15. The van der Waals surface area contributed by atoms with Crippen LogP contribution in [0.4, 0.5) is 0 Å². The Balaban J connectivity index is 3.08. The van der Waals surface area contributed by atoms with Crippen molar-refractivity contribution < 1.29 is 15.0 Å². The van der Waals surface area contributed by atoms with E-state index in [4.69, 9.17) is 5.11 Å². The highest BCUT2D eigenvalue weighted by molar-refractivity contribution is 5.86. The van der Waals surface area contributed by atoms with E-state index in [1.807, 2.05) is 20.8 Å². The van der Waals surface area contributed by atoms with Gasteiger partial charge in [0.05, 0.1) is 17.8 Å². The fraction of sp³-hybridized carbons (Fsp3) is 0.750. The standard InChI is InChI=1S/C12H21N3O3/c1-5-12(4,18)7-15-9(6-8(2)3)10(11(16)17)13-14-15/h8,18H,5-7H2,1-4H3,(H,16,17). The molecule has 0 spiro atoms. The normalized spacial score (nSPS) is 14.8. The van der Waals surface area contributed by atoms with Gasteiger partial charge in [-0.15, -0.1) is 5.10 Å². The molecule has 0 aliphatic heterocycles. The van der Waals surface area contributed by atoms with E-state index in [9.17, 15) is 9.90 Å². The topological polar surface area (TPSA) is 88.2 Å². The number of rotatable bonds is 6. The van der Waals surface area contributed by atoms with E-state index < -0.39 is 11.6 Å². The molecule has 102 valence electrons. The van der Waals surface area contributed by atoms with Crippen LogP contribution in [-0.2, 0) is 13.0 Å². The highest BCUT2D eigenvalue weighted by Crippen LogP contribution is 2.17. The van der Waals surface area contributed by atoms with Gasteiger partial charge in [-0.05, 0) is 25.7 Å². The van der Waals surface area contributed by atoms with Gasteiger partial charge in [-0.1, -0.05) is 26.0 Å². The second-order valence-electron chi connectivity index (χ2n) is 5.30. The van der Waals surface area contributed by atoms with Crippen LogP contribution in [0.5, 0.6) is 0 Å². The molecular formula is C12H21N3O3. The number of hydrogen-bond acceptors (Lipinski definition) is 4. The minimum Gasteiger partial charge on any atom is -0.476 e. The van der Waals surface area contributed by atoms with Crippen molar-refractivity contribution in [2.75, 3.05) is 0 Å². The minimum atomic E-state index is -1.08. The molecule has 0 radical (unpaired) electrons. The third-order valence-corrected chi connectivity index (χ3v) is 2.89. The van der Waals surface area contributed by atoms with Gasteiger partial charge in [0.2, 0.25) is 0 Å². The van der Waals surface area contributed by atoms with Gasteiger partial charge in [0.15, 0.2) is 5.69 Å². The maximum Gasteiger partial charge on any atom is 0.358 e. The minimum absolute atomic E-state index is 0.0180. The highest BCUT2D eigenvalue weighted by atomic mass is 16.4. The molecule has 1 atom stereocenters. The average molecular weight is 255 g/mol. The van der Waals surface area contributed by atoms with Crippen LogP contribution in [0.15, 0.2) is 0 Å². The van der Waals surface area contributed by atoms with Gasteiger partial charge in [-0.25, -0.2) is 9.48 Å². The molecule has 0 saturated heterocycles. The molecule has 1 unspecified atom stereocenters. The summed E-state index contributed by atoms with van der Waals surface area (Å²) >= 11 is 0. The van der Waals surface area contributed by atoms with E-state index >= 15 is 0 Å². The third-order valence-electron chi connectivity index (χ3n) is 2.89. The summed E-state index contributed by atoms with van der Waals surface area (Å²) in [5.74, 6) is -0.778. The lowest BCUT2D eigenvalue weighted by molar-refractivity contribution is 0.0329. The number of carboxylic acid groups (broad SMARTS) is 1. The first-order valence-corrected chi connectivity index (χ1v) is 6.15. The van der Waals surface area contributed by atoms with Crippen LogP contribution in [0.3, 0.4) is 0 Å². The highest BCUT2D eigenvalue weighted by Gasteiger charge is 2.25.